The average molecular weight is 966 g/mol. The van der Waals surface area contributed by atoms with Crippen LogP contribution >= 0.6 is 22.7 Å². The van der Waals surface area contributed by atoms with Crippen LogP contribution in [-0.4, -0.2) is 20.9 Å². The van der Waals surface area contributed by atoms with Gasteiger partial charge < -0.3 is 5.11 Å². The maximum absolute atomic E-state index is 12.2. The van der Waals surface area contributed by atoms with Crippen LogP contribution in [0.2, 0.25) is 0 Å². The van der Waals surface area contributed by atoms with Gasteiger partial charge in [0.1, 0.15) is 5.76 Å². The summed E-state index contributed by atoms with van der Waals surface area (Å²) in [4.78, 5) is 23.3. The van der Waals surface area contributed by atoms with Crippen LogP contribution in [0.1, 0.15) is 125 Å². The van der Waals surface area contributed by atoms with Crippen LogP contribution < -0.4 is 0 Å². The minimum absolute atomic E-state index is 0. The molecule has 6 rings (SSSR count). The topological polar surface area (TPSA) is 63.1 Å². The number of aliphatic hydroxyl groups excluding tert-OH is 1. The first-order valence-corrected chi connectivity index (χ1v) is 21.6. The summed E-state index contributed by atoms with van der Waals surface area (Å²) in [7, 11) is 0. The number of nitrogens with zero attached hydrogens (tertiary/aromatic N) is 2. The predicted octanol–water partition coefficient (Wildman–Crippen LogP) is 15.0. The van der Waals surface area contributed by atoms with Crippen LogP contribution in [0.4, 0.5) is 0 Å². The zero-order valence-corrected chi connectivity index (χ0v) is 39.8. The number of allylic oxidation sites excluding steroid dienone is 2. The maximum Gasteiger partial charge on any atom is 0.164 e. The number of hydrogen-bond donors (Lipinski definition) is 1. The summed E-state index contributed by atoms with van der Waals surface area (Å²) in [6, 6.07) is 23.5. The zero-order valence-electron chi connectivity index (χ0n) is 35.8. The van der Waals surface area contributed by atoms with Crippen LogP contribution in [0, 0.1) is 29.2 Å². The number of carbonyl (C=O) groups excluding carboxylic acids is 1. The fraction of sp³-hybridized carbons (Fsp3) is 0.449. The van der Waals surface area contributed by atoms with Gasteiger partial charge >= 0.3 is 0 Å². The molecule has 4 nitrogen and oxygen atoms in total. The summed E-state index contributed by atoms with van der Waals surface area (Å²) in [5.41, 5.74) is 6.72. The molecule has 0 aliphatic heterocycles. The number of thiazole rings is 1. The molecule has 0 aliphatic carbocycles. The molecule has 0 spiro atoms. The Morgan fingerprint density at radius 2 is 1.46 bits per heavy atom. The van der Waals surface area contributed by atoms with Gasteiger partial charge in [-0.15, -0.1) is 51.8 Å². The van der Waals surface area contributed by atoms with Gasteiger partial charge in [0.15, 0.2) is 5.78 Å². The Labute approximate surface area is 357 Å². The number of hydrogen-bond acceptors (Lipinski definition) is 6. The molecular formula is C49H61IrN2O2S2-. The van der Waals surface area contributed by atoms with Gasteiger partial charge in [0.05, 0.1) is 15.2 Å². The summed E-state index contributed by atoms with van der Waals surface area (Å²) >= 11 is 3.67. The van der Waals surface area contributed by atoms with Crippen molar-refractivity contribution in [2.75, 3.05) is 0 Å². The number of fused-ring (bicyclic) bond motifs is 3. The molecule has 1 radical (unpaired) electrons. The van der Waals surface area contributed by atoms with Gasteiger partial charge in [-0.2, -0.15) is 0 Å². The van der Waals surface area contributed by atoms with E-state index in [0.717, 1.165) is 54.3 Å². The van der Waals surface area contributed by atoms with Crippen LogP contribution in [-0.2, 0) is 36.7 Å². The Morgan fingerprint density at radius 3 is 2.07 bits per heavy atom. The van der Waals surface area contributed by atoms with E-state index in [0.29, 0.717) is 0 Å². The van der Waals surface area contributed by atoms with Crippen molar-refractivity contribution >= 4 is 59.5 Å². The molecule has 3 heterocycles. The van der Waals surface area contributed by atoms with Crippen molar-refractivity contribution in [3.8, 4) is 21.7 Å². The number of aromatic nitrogens is 2. The monoisotopic (exact) mass is 966 g/mol. The first kappa shape index (κ1) is 45.5. The maximum atomic E-state index is 12.2. The summed E-state index contributed by atoms with van der Waals surface area (Å²) in [5, 5.41) is 15.0. The Bertz CT molecular complexity index is 2340. The number of aryl methyl sites for hydroxylation is 1. The third-order valence-corrected chi connectivity index (χ3v) is 14.1. The van der Waals surface area contributed by atoms with Crippen molar-refractivity contribution in [3.05, 3.63) is 94.8 Å². The van der Waals surface area contributed by atoms with Crippen molar-refractivity contribution in [3.63, 3.8) is 0 Å². The second kappa shape index (κ2) is 17.7. The third kappa shape index (κ3) is 9.72. The van der Waals surface area contributed by atoms with E-state index < -0.39 is 0 Å². The van der Waals surface area contributed by atoms with Crippen molar-refractivity contribution < 1.29 is 30.0 Å². The smallest absolute Gasteiger partial charge is 0.164 e. The van der Waals surface area contributed by atoms with Crippen molar-refractivity contribution in [1.29, 1.82) is 0 Å². The number of aliphatic hydroxyl groups is 1. The quantitative estimate of drug-likeness (QED) is 0.0844. The van der Waals surface area contributed by atoms with E-state index in [2.05, 4.69) is 109 Å². The molecule has 0 fully saturated rings. The zero-order chi connectivity index (χ0) is 40.5. The summed E-state index contributed by atoms with van der Waals surface area (Å²) in [5.74, 6) is 0.286. The molecule has 1 N–H and O–H groups in total. The second-order valence-corrected chi connectivity index (χ2v) is 20.1. The number of rotatable bonds is 10. The van der Waals surface area contributed by atoms with Crippen LogP contribution in [0.3, 0.4) is 0 Å². The van der Waals surface area contributed by atoms with E-state index in [9.17, 15) is 9.90 Å². The first-order valence-electron chi connectivity index (χ1n) is 20.0. The molecule has 56 heavy (non-hydrogen) atoms. The minimum atomic E-state index is -0.337. The average Bonchev–Trinajstić information content (AvgIpc) is 3.71. The Balaban J connectivity index is 0.000000330. The van der Waals surface area contributed by atoms with Gasteiger partial charge in [-0.05, 0) is 78.1 Å². The molecule has 3 aromatic carbocycles. The van der Waals surface area contributed by atoms with Gasteiger partial charge in [0.25, 0.3) is 0 Å². The summed E-state index contributed by atoms with van der Waals surface area (Å²) < 4.78 is 2.49. The van der Waals surface area contributed by atoms with Crippen LogP contribution in [0.15, 0.2) is 72.6 Å². The minimum Gasteiger partial charge on any atom is -0.512 e. The SMILES string of the molecule is CCC(C)(CC)C(=O)/C=C(\O)C(C)(CC)CC.Cc1c(-c2ccc3nc(CC(C)(C)C)sc3c2)sc2c(-c3[c-]c4ccccc4c(C(C)(C)C)c3)nccc12.[Ir]. The molecule has 0 saturated carbocycles. The van der Waals surface area contributed by atoms with Gasteiger partial charge in [-0.3, -0.25) is 9.78 Å². The summed E-state index contributed by atoms with van der Waals surface area (Å²) in [6.45, 7) is 28.0. The number of pyridine rings is 1. The predicted molar refractivity (Wildman–Crippen MR) is 240 cm³/mol. The van der Waals surface area contributed by atoms with Gasteiger partial charge in [-0.25, -0.2) is 4.98 Å². The standard InChI is InChI=1S/C34H33N2S2.C15H28O2.Ir/c1-20-24-14-15-35-30(23-16-21-10-8-9-11-25(21)26(17-23)34(5,6)7)32(24)38-31(20)22-12-13-27-28(18-22)37-29(36-27)19-33(2,3)4;1-7-14(5,8-2)12(16)11-13(17)15(6,9-3)10-4;/h8-15,17-18H,19H2,1-7H3;11,16H,7-10H2,1-6H3;/q-1;;/b;12-11-;. The Morgan fingerprint density at radius 1 is 0.821 bits per heavy atom. The second-order valence-electron chi connectivity index (χ2n) is 17.9. The van der Waals surface area contributed by atoms with Gasteiger partial charge in [0, 0.05) is 64.9 Å². The molecule has 7 heteroatoms. The molecule has 0 bridgehead atoms. The van der Waals surface area contributed by atoms with E-state index >= 15 is 0 Å². The molecule has 301 valence electrons. The Kier molecular flexibility index (Phi) is 14.4. The number of benzene rings is 3. The molecule has 0 atom stereocenters. The largest absolute Gasteiger partial charge is 0.512 e. The number of thiophene rings is 1. The molecule has 6 aromatic rings. The molecule has 0 saturated heterocycles. The van der Waals surface area contributed by atoms with E-state index in [4.69, 9.17) is 9.97 Å². The molecule has 0 unspecified atom stereocenters. The Hall–Kier alpha value is -3.22. The van der Waals surface area contributed by atoms with Crippen molar-refractivity contribution in [2.24, 2.45) is 16.2 Å². The molecule has 0 amide bonds. The van der Waals surface area contributed by atoms with Gasteiger partial charge in [-0.1, -0.05) is 118 Å². The normalized spacial score (nSPS) is 12.8. The fourth-order valence-corrected chi connectivity index (χ4v) is 9.53. The van der Waals surface area contributed by atoms with Crippen molar-refractivity contribution in [2.45, 2.75) is 128 Å². The fourth-order valence-electron chi connectivity index (χ4n) is 6.92. The van der Waals surface area contributed by atoms with Crippen LogP contribution in [0.25, 0.3) is 52.8 Å². The van der Waals surface area contributed by atoms with Crippen molar-refractivity contribution in [1.82, 2.24) is 9.97 Å². The van der Waals surface area contributed by atoms with E-state index in [1.54, 1.807) is 0 Å². The van der Waals surface area contributed by atoms with Crippen LogP contribution in [0.5, 0.6) is 0 Å². The molecule has 0 aliphatic rings. The number of ketones is 1. The molecule has 3 aromatic heterocycles. The first-order chi connectivity index (χ1) is 25.8. The van der Waals surface area contributed by atoms with Gasteiger partial charge in [0.2, 0.25) is 0 Å². The van der Waals surface area contributed by atoms with E-state index in [1.165, 1.54) is 52.8 Å². The van der Waals surface area contributed by atoms with E-state index in [1.807, 2.05) is 70.4 Å². The third-order valence-electron chi connectivity index (χ3n) is 11.7. The number of carbonyl (C=O) groups is 1. The molecular weight excluding hydrogens is 905 g/mol. The van der Waals surface area contributed by atoms with E-state index in [-0.39, 0.29) is 53.3 Å². The summed E-state index contributed by atoms with van der Waals surface area (Å²) in [6.07, 6.45) is 7.70.